The smallest absolute Gasteiger partial charge is 0.360 e. The maximum atomic E-state index is 13.0. The molecule has 0 aliphatic carbocycles. The number of halogens is 3. The summed E-state index contributed by atoms with van der Waals surface area (Å²) in [6.07, 6.45) is 1.03. The Hall–Kier alpha value is -3.56. The second-order valence-electron chi connectivity index (χ2n) is 11.6. The highest BCUT2D eigenvalue weighted by molar-refractivity contribution is 7.07. The molecule has 0 radical (unpaired) electrons. The Morgan fingerprint density at radius 2 is 1.85 bits per heavy atom. The number of nitrogens with zero attached hydrogens (tertiary/aromatic N) is 4. The topological polar surface area (TPSA) is 95.1 Å². The number of thiazole rings is 1. The van der Waals surface area contributed by atoms with Crippen LogP contribution in [0.1, 0.15) is 53.5 Å². The van der Waals surface area contributed by atoms with Gasteiger partial charge in [-0.15, -0.1) is 11.3 Å². The van der Waals surface area contributed by atoms with Crippen LogP contribution in [0.15, 0.2) is 35.3 Å². The fourth-order valence-corrected chi connectivity index (χ4v) is 6.78. The minimum absolute atomic E-state index is 0.00391. The zero-order valence-electron chi connectivity index (χ0n) is 24.0. The molecular weight excluding hydrogens is 553 g/mol. The summed E-state index contributed by atoms with van der Waals surface area (Å²) >= 11 is 0.873. The number of aromatic nitrogens is 2. The van der Waals surface area contributed by atoms with E-state index in [1.807, 2.05) is 18.2 Å². The van der Waals surface area contributed by atoms with E-state index in [1.54, 1.807) is 18.3 Å². The first-order valence-electron chi connectivity index (χ1n) is 13.4. The average molecular weight is 589 g/mol. The Labute approximate surface area is 240 Å². The molecule has 12 heteroatoms. The Morgan fingerprint density at radius 1 is 1.20 bits per heavy atom. The van der Waals surface area contributed by atoms with Crippen molar-refractivity contribution in [2.24, 2.45) is 0 Å². The van der Waals surface area contributed by atoms with E-state index < -0.39 is 29.8 Å². The van der Waals surface area contributed by atoms with Gasteiger partial charge in [-0.2, -0.15) is 18.4 Å². The number of rotatable bonds is 6. The van der Waals surface area contributed by atoms with Crippen molar-refractivity contribution in [1.82, 2.24) is 19.4 Å². The summed E-state index contributed by atoms with van der Waals surface area (Å²) in [5, 5.41) is 15.4. The van der Waals surface area contributed by atoms with Crippen molar-refractivity contribution >= 4 is 45.6 Å². The third kappa shape index (κ3) is 6.21. The van der Waals surface area contributed by atoms with Crippen molar-refractivity contribution in [3.63, 3.8) is 0 Å². The van der Waals surface area contributed by atoms with E-state index in [1.165, 1.54) is 10.8 Å². The monoisotopic (exact) mass is 588 g/mol. The predicted octanol–water partition coefficient (Wildman–Crippen LogP) is 3.91. The number of fused-ring (bicyclic) bond motifs is 1. The number of benzene rings is 1. The van der Waals surface area contributed by atoms with Gasteiger partial charge < -0.3 is 15.2 Å². The summed E-state index contributed by atoms with van der Waals surface area (Å²) in [6.45, 7) is 9.33. The van der Waals surface area contributed by atoms with E-state index >= 15 is 0 Å². The standard InChI is InChI=1S/C29H35F3N6O2S/c1-7-37-25(40)23(41-26(37)21(15-33)24(39)35-17-29(30,31)32)16-34-19-8-9-22-18(12-19)10-11-38(22)20-13-27(2,3)36(6)28(4,5)14-20/h8-12,16,20,34H,7,13-14,17H2,1-6H3,(H,35,39)/b23-16-,26-21+. The van der Waals surface area contributed by atoms with E-state index in [0.29, 0.717) is 6.04 Å². The van der Waals surface area contributed by atoms with Crippen LogP contribution in [0.4, 0.5) is 18.9 Å². The molecule has 1 amide bonds. The third-order valence-electron chi connectivity index (χ3n) is 8.00. The van der Waals surface area contributed by atoms with Crippen molar-refractivity contribution in [2.75, 3.05) is 18.9 Å². The van der Waals surface area contributed by atoms with Gasteiger partial charge in [-0.05, 0) is 78.8 Å². The Morgan fingerprint density at radius 3 is 2.44 bits per heavy atom. The minimum Gasteiger partial charge on any atom is -0.360 e. The lowest BCUT2D eigenvalue weighted by atomic mass is 9.77. The number of alkyl halides is 3. The molecule has 0 atom stereocenters. The number of amides is 1. The maximum absolute atomic E-state index is 13.0. The molecule has 1 aliphatic rings. The second-order valence-corrected chi connectivity index (χ2v) is 12.7. The number of hydrogen-bond donors (Lipinski definition) is 2. The molecule has 1 aliphatic heterocycles. The Kier molecular flexibility index (Phi) is 8.17. The summed E-state index contributed by atoms with van der Waals surface area (Å²) in [5.74, 6) is -1.18. The van der Waals surface area contributed by atoms with Crippen LogP contribution in [0, 0.1) is 11.3 Å². The Balaban J connectivity index is 1.64. The molecule has 0 spiro atoms. The maximum Gasteiger partial charge on any atom is 0.405 e. The van der Waals surface area contributed by atoms with Crippen LogP contribution in [0.2, 0.25) is 0 Å². The number of hydrogen-bond acceptors (Lipinski definition) is 6. The van der Waals surface area contributed by atoms with E-state index in [9.17, 15) is 28.0 Å². The summed E-state index contributed by atoms with van der Waals surface area (Å²) in [6, 6.07) is 10.0. The lowest BCUT2D eigenvalue weighted by Gasteiger charge is -2.54. The zero-order valence-corrected chi connectivity index (χ0v) is 24.8. The first-order valence-corrected chi connectivity index (χ1v) is 14.2. The van der Waals surface area contributed by atoms with Crippen molar-refractivity contribution in [3.05, 3.63) is 50.0 Å². The van der Waals surface area contributed by atoms with Crippen LogP contribution >= 0.6 is 11.3 Å². The molecule has 1 fully saturated rings. The molecule has 2 aromatic heterocycles. The predicted molar refractivity (Wildman–Crippen MR) is 156 cm³/mol. The highest BCUT2D eigenvalue weighted by Gasteiger charge is 2.43. The molecule has 1 aromatic carbocycles. The summed E-state index contributed by atoms with van der Waals surface area (Å²) in [4.78, 5) is 27.7. The van der Waals surface area contributed by atoms with Crippen LogP contribution in [-0.4, -0.2) is 50.8 Å². The fraction of sp³-hybridized carbons (Fsp3) is 0.483. The van der Waals surface area contributed by atoms with E-state index in [-0.39, 0.29) is 26.8 Å². The van der Waals surface area contributed by atoms with Crippen LogP contribution < -0.4 is 25.4 Å². The summed E-state index contributed by atoms with van der Waals surface area (Å²) in [7, 11) is 2.19. The van der Waals surface area contributed by atoms with Gasteiger partial charge in [-0.25, -0.2) is 0 Å². The second kappa shape index (κ2) is 11.0. The molecule has 3 aromatic rings. The van der Waals surface area contributed by atoms with Gasteiger partial charge in [-0.1, -0.05) is 0 Å². The highest BCUT2D eigenvalue weighted by atomic mass is 32.1. The van der Waals surface area contributed by atoms with Crippen LogP contribution in [0.5, 0.6) is 0 Å². The van der Waals surface area contributed by atoms with Crippen LogP contribution in [0.25, 0.3) is 22.7 Å². The number of nitriles is 1. The lowest BCUT2D eigenvalue weighted by molar-refractivity contribution is -0.135. The minimum atomic E-state index is -4.62. The van der Waals surface area contributed by atoms with Gasteiger partial charge in [0.15, 0.2) is 5.57 Å². The van der Waals surface area contributed by atoms with E-state index in [4.69, 9.17) is 0 Å². The SMILES string of the molecule is CCn1c(=O)/c(=C/Nc2ccc3c(ccn3C3CC(C)(C)N(C)C(C)(C)C3)c2)s/c1=C(\C#N)C(=O)NCC(F)(F)F. The molecular formula is C29H35F3N6O2S. The molecule has 2 N–H and O–H groups in total. The number of anilines is 1. The van der Waals surface area contributed by atoms with Gasteiger partial charge in [0.05, 0.1) is 0 Å². The van der Waals surface area contributed by atoms with Gasteiger partial charge in [0.25, 0.3) is 11.5 Å². The molecule has 0 unspecified atom stereocenters. The lowest BCUT2D eigenvalue weighted by Crippen LogP contribution is -2.58. The zero-order chi connectivity index (χ0) is 30.3. The number of carbonyl (C=O) groups is 1. The molecule has 0 bridgehead atoms. The van der Waals surface area contributed by atoms with Gasteiger partial charge in [0.1, 0.15) is 21.8 Å². The van der Waals surface area contributed by atoms with Gasteiger partial charge in [0, 0.05) is 52.7 Å². The Bertz CT molecular complexity index is 1670. The van der Waals surface area contributed by atoms with Gasteiger partial charge >= 0.3 is 6.18 Å². The molecule has 8 nitrogen and oxygen atoms in total. The van der Waals surface area contributed by atoms with Crippen LogP contribution in [0.3, 0.4) is 0 Å². The number of piperidine rings is 1. The highest BCUT2D eigenvalue weighted by Crippen LogP contribution is 2.43. The van der Waals surface area contributed by atoms with Crippen LogP contribution in [-0.2, 0) is 11.3 Å². The molecule has 0 saturated carbocycles. The van der Waals surface area contributed by atoms with Crippen molar-refractivity contribution < 1.29 is 18.0 Å². The van der Waals surface area contributed by atoms with Gasteiger partial charge in [-0.3, -0.25) is 19.1 Å². The van der Waals surface area contributed by atoms with Gasteiger partial charge in [0.2, 0.25) is 0 Å². The van der Waals surface area contributed by atoms with E-state index in [2.05, 4.69) is 61.8 Å². The van der Waals surface area contributed by atoms with Crippen molar-refractivity contribution in [1.29, 1.82) is 5.26 Å². The number of carbonyl (C=O) groups excluding carboxylic acids is 1. The first-order chi connectivity index (χ1) is 19.1. The number of likely N-dealkylation sites (tertiary alicyclic amines) is 1. The molecule has 220 valence electrons. The largest absolute Gasteiger partial charge is 0.405 e. The van der Waals surface area contributed by atoms with Crippen molar-refractivity contribution in [3.8, 4) is 6.07 Å². The van der Waals surface area contributed by atoms with Crippen molar-refractivity contribution in [2.45, 2.75) is 77.3 Å². The number of nitrogens with one attached hydrogen (secondary N) is 2. The third-order valence-corrected chi connectivity index (χ3v) is 9.13. The summed E-state index contributed by atoms with van der Waals surface area (Å²) < 4.78 is 41.4. The normalized spacial score (nSPS) is 18.8. The fourth-order valence-electron chi connectivity index (χ4n) is 5.69. The molecule has 3 heterocycles. The molecule has 4 rings (SSSR count). The summed E-state index contributed by atoms with van der Waals surface area (Å²) in [5.41, 5.74) is 0.959. The average Bonchev–Trinajstić information content (AvgIpc) is 3.44. The first kappa shape index (κ1) is 30.4. The van der Waals surface area contributed by atoms with E-state index in [0.717, 1.165) is 40.8 Å². The quantitative estimate of drug-likeness (QED) is 0.456. The molecule has 41 heavy (non-hydrogen) atoms. The molecule has 1 saturated heterocycles.